The SMILES string of the molecule is Cc1cc(Br)ccc1NC(=O)C[NH+](C)CC(=O)N(C)CC(=O)N(C)C. The summed E-state index contributed by atoms with van der Waals surface area (Å²) in [6, 6.07) is 5.62. The van der Waals surface area contributed by atoms with Crippen LogP contribution in [0.4, 0.5) is 5.69 Å². The van der Waals surface area contributed by atoms with Crippen LogP contribution in [-0.2, 0) is 14.4 Å². The van der Waals surface area contributed by atoms with Crippen molar-refractivity contribution in [1.29, 1.82) is 0 Å². The Kier molecular flexibility index (Phi) is 8.05. The fraction of sp³-hybridized carbons (Fsp3) is 0.471. The van der Waals surface area contributed by atoms with Crippen LogP contribution in [-0.4, -0.2) is 75.3 Å². The number of carbonyl (C=O) groups excluding carboxylic acids is 3. The van der Waals surface area contributed by atoms with Crippen molar-refractivity contribution in [3.8, 4) is 0 Å². The lowest BCUT2D eigenvalue weighted by atomic mass is 10.2. The molecule has 0 aliphatic rings. The van der Waals surface area contributed by atoms with E-state index in [9.17, 15) is 14.4 Å². The molecule has 0 aliphatic heterocycles. The molecule has 1 rings (SSSR count). The topological polar surface area (TPSA) is 74.2 Å². The summed E-state index contributed by atoms with van der Waals surface area (Å²) in [6.07, 6.45) is 0. The highest BCUT2D eigenvalue weighted by atomic mass is 79.9. The van der Waals surface area contributed by atoms with Gasteiger partial charge in [-0.05, 0) is 30.7 Å². The molecule has 1 unspecified atom stereocenters. The molecule has 0 saturated heterocycles. The summed E-state index contributed by atoms with van der Waals surface area (Å²) in [4.78, 5) is 39.5. The van der Waals surface area contributed by atoms with Gasteiger partial charge in [0, 0.05) is 31.3 Å². The quantitative estimate of drug-likeness (QED) is 0.647. The Balaban J connectivity index is 2.49. The number of benzene rings is 1. The first-order chi connectivity index (χ1) is 11.6. The number of aryl methyl sites for hydroxylation is 1. The second kappa shape index (κ2) is 9.53. The van der Waals surface area contributed by atoms with Crippen molar-refractivity contribution in [2.24, 2.45) is 0 Å². The lowest BCUT2D eigenvalue weighted by Crippen LogP contribution is -3.11. The Morgan fingerprint density at radius 3 is 2.32 bits per heavy atom. The summed E-state index contributed by atoms with van der Waals surface area (Å²) in [7, 11) is 6.65. The summed E-state index contributed by atoms with van der Waals surface area (Å²) < 4.78 is 0.951. The molecule has 25 heavy (non-hydrogen) atoms. The zero-order valence-corrected chi connectivity index (χ0v) is 16.9. The number of quaternary nitrogens is 1. The van der Waals surface area contributed by atoms with E-state index >= 15 is 0 Å². The zero-order chi connectivity index (χ0) is 19.1. The van der Waals surface area contributed by atoms with Crippen LogP contribution >= 0.6 is 15.9 Å². The first kappa shape index (κ1) is 21.1. The van der Waals surface area contributed by atoms with Crippen molar-refractivity contribution in [3.05, 3.63) is 28.2 Å². The van der Waals surface area contributed by atoms with Crippen LogP contribution in [0.3, 0.4) is 0 Å². The van der Waals surface area contributed by atoms with E-state index in [4.69, 9.17) is 0 Å². The van der Waals surface area contributed by atoms with Gasteiger partial charge in [0.2, 0.25) is 5.91 Å². The maximum atomic E-state index is 12.1. The van der Waals surface area contributed by atoms with Gasteiger partial charge in [-0.3, -0.25) is 14.4 Å². The van der Waals surface area contributed by atoms with Crippen molar-refractivity contribution < 1.29 is 19.3 Å². The maximum absolute atomic E-state index is 12.1. The molecular weight excluding hydrogens is 388 g/mol. The minimum atomic E-state index is -0.180. The van der Waals surface area contributed by atoms with Crippen LogP contribution in [0.1, 0.15) is 5.56 Å². The number of amides is 3. The smallest absolute Gasteiger partial charge is 0.279 e. The van der Waals surface area contributed by atoms with Crippen LogP contribution in [0, 0.1) is 6.92 Å². The number of hydrogen-bond donors (Lipinski definition) is 2. The molecule has 138 valence electrons. The number of halogens is 1. The van der Waals surface area contributed by atoms with Gasteiger partial charge < -0.3 is 20.0 Å². The molecule has 1 aromatic rings. The summed E-state index contributed by atoms with van der Waals surface area (Å²) in [6.45, 7) is 2.25. The molecule has 0 fully saturated rings. The second-order valence-corrected chi connectivity index (χ2v) is 7.27. The number of nitrogens with one attached hydrogen (secondary N) is 2. The normalized spacial score (nSPS) is 11.6. The molecule has 0 saturated carbocycles. The molecular formula is C17H26BrN4O3+. The van der Waals surface area contributed by atoms with Crippen molar-refractivity contribution >= 4 is 39.3 Å². The first-order valence-electron chi connectivity index (χ1n) is 7.91. The first-order valence-corrected chi connectivity index (χ1v) is 8.71. The van der Waals surface area contributed by atoms with Crippen molar-refractivity contribution in [2.75, 3.05) is 53.1 Å². The van der Waals surface area contributed by atoms with E-state index in [1.54, 1.807) is 28.2 Å². The number of carbonyl (C=O) groups is 3. The van der Waals surface area contributed by atoms with Crippen LogP contribution in [0.25, 0.3) is 0 Å². The number of likely N-dealkylation sites (N-methyl/N-ethyl adjacent to an activating group) is 3. The van der Waals surface area contributed by atoms with E-state index in [-0.39, 0.29) is 37.4 Å². The van der Waals surface area contributed by atoms with Gasteiger partial charge in [-0.1, -0.05) is 15.9 Å². The summed E-state index contributed by atoms with van der Waals surface area (Å²) in [5.41, 5.74) is 1.71. The fourth-order valence-electron chi connectivity index (χ4n) is 2.12. The van der Waals surface area contributed by atoms with Gasteiger partial charge in [-0.25, -0.2) is 0 Å². The Morgan fingerprint density at radius 1 is 1.12 bits per heavy atom. The molecule has 2 N–H and O–H groups in total. The Hall–Kier alpha value is -1.93. The highest BCUT2D eigenvalue weighted by Gasteiger charge is 2.19. The van der Waals surface area contributed by atoms with E-state index in [2.05, 4.69) is 21.2 Å². The molecule has 0 spiro atoms. The lowest BCUT2D eigenvalue weighted by Gasteiger charge is -2.21. The molecule has 0 aromatic heterocycles. The van der Waals surface area contributed by atoms with E-state index in [0.29, 0.717) is 0 Å². The highest BCUT2D eigenvalue weighted by Crippen LogP contribution is 2.19. The summed E-state index contributed by atoms with van der Waals surface area (Å²) in [5.74, 6) is -0.486. The second-order valence-electron chi connectivity index (χ2n) is 6.36. The third-order valence-electron chi connectivity index (χ3n) is 3.67. The van der Waals surface area contributed by atoms with E-state index in [1.165, 1.54) is 9.80 Å². The van der Waals surface area contributed by atoms with Crippen LogP contribution < -0.4 is 10.2 Å². The van der Waals surface area contributed by atoms with Crippen molar-refractivity contribution in [1.82, 2.24) is 9.80 Å². The van der Waals surface area contributed by atoms with Crippen LogP contribution in [0.5, 0.6) is 0 Å². The third-order valence-corrected chi connectivity index (χ3v) is 4.17. The van der Waals surface area contributed by atoms with Gasteiger partial charge in [0.05, 0.1) is 13.6 Å². The predicted octanol–water partition coefficient (Wildman–Crippen LogP) is -0.243. The lowest BCUT2D eigenvalue weighted by molar-refractivity contribution is -0.862. The van der Waals surface area contributed by atoms with E-state index in [1.807, 2.05) is 25.1 Å². The molecule has 7 nitrogen and oxygen atoms in total. The molecule has 0 radical (unpaired) electrons. The summed E-state index contributed by atoms with van der Waals surface area (Å²) >= 11 is 3.38. The van der Waals surface area contributed by atoms with Crippen molar-refractivity contribution in [2.45, 2.75) is 6.92 Å². The number of hydrogen-bond acceptors (Lipinski definition) is 3. The molecule has 0 heterocycles. The van der Waals surface area contributed by atoms with Crippen LogP contribution in [0.15, 0.2) is 22.7 Å². The maximum Gasteiger partial charge on any atom is 0.279 e. The van der Waals surface area contributed by atoms with E-state index < -0.39 is 0 Å². The molecule has 1 atom stereocenters. The minimum absolute atomic E-state index is 0.0311. The Labute approximate surface area is 157 Å². The highest BCUT2D eigenvalue weighted by molar-refractivity contribution is 9.10. The van der Waals surface area contributed by atoms with Gasteiger partial charge in [-0.2, -0.15) is 0 Å². The average molecular weight is 414 g/mol. The van der Waals surface area contributed by atoms with Gasteiger partial charge in [-0.15, -0.1) is 0 Å². The predicted molar refractivity (Wildman–Crippen MR) is 100 cm³/mol. The number of rotatable bonds is 7. The van der Waals surface area contributed by atoms with Gasteiger partial charge in [0.15, 0.2) is 13.1 Å². The standard InChI is InChI=1S/C17H25BrN4O3/c1-12-8-13(18)6-7-14(12)19-15(23)9-21(4)10-17(25)22(5)11-16(24)20(2)3/h6-8H,9-11H2,1-5H3,(H,19,23)/p+1. The molecule has 1 aromatic carbocycles. The largest absolute Gasteiger partial charge is 0.347 e. The number of nitrogens with zero attached hydrogens (tertiary/aromatic N) is 2. The zero-order valence-electron chi connectivity index (χ0n) is 15.4. The molecule has 0 aliphatic carbocycles. The number of anilines is 1. The summed E-state index contributed by atoms with van der Waals surface area (Å²) in [5, 5.41) is 2.85. The molecule has 3 amide bonds. The average Bonchev–Trinajstić information content (AvgIpc) is 2.49. The monoisotopic (exact) mass is 413 g/mol. The Bertz CT molecular complexity index is 649. The van der Waals surface area contributed by atoms with Crippen LogP contribution in [0.2, 0.25) is 0 Å². The third kappa shape index (κ3) is 7.23. The van der Waals surface area contributed by atoms with Gasteiger partial charge >= 0.3 is 0 Å². The van der Waals surface area contributed by atoms with E-state index in [0.717, 1.165) is 20.6 Å². The van der Waals surface area contributed by atoms with Gasteiger partial charge in [0.1, 0.15) is 0 Å². The molecule has 8 heteroatoms. The van der Waals surface area contributed by atoms with Crippen molar-refractivity contribution in [3.63, 3.8) is 0 Å². The minimum Gasteiger partial charge on any atom is -0.347 e. The molecule has 0 bridgehead atoms. The Morgan fingerprint density at radius 2 is 1.76 bits per heavy atom. The van der Waals surface area contributed by atoms with Gasteiger partial charge in [0.25, 0.3) is 11.8 Å². The fourth-order valence-corrected chi connectivity index (χ4v) is 2.60.